The molecule has 0 unspecified atom stereocenters. The highest BCUT2D eigenvalue weighted by Crippen LogP contribution is 2.33. The third-order valence-electron chi connectivity index (χ3n) is 8.03. The number of nitrogens with one attached hydrogen (secondary N) is 3. The van der Waals surface area contributed by atoms with Crippen molar-refractivity contribution in [2.45, 2.75) is 91.0 Å². The number of nitrogens with zero attached hydrogens (tertiary/aromatic N) is 4. The topological polar surface area (TPSA) is 136 Å². The van der Waals surface area contributed by atoms with Gasteiger partial charge in [0.2, 0.25) is 11.8 Å². The number of alkyl carbamates (subject to hydrolysis) is 1. The first-order valence-corrected chi connectivity index (χ1v) is 15.7. The fourth-order valence-corrected chi connectivity index (χ4v) is 5.85. The highest BCUT2D eigenvalue weighted by Gasteiger charge is 2.35. The lowest BCUT2D eigenvalue weighted by Gasteiger charge is -2.27. The lowest BCUT2D eigenvalue weighted by Crippen LogP contribution is -2.48. The molecule has 3 amide bonds. The molecular formula is C34H43N7O4. The predicted molar refractivity (Wildman–Crippen MR) is 170 cm³/mol. The maximum Gasteiger partial charge on any atom is 0.408 e. The van der Waals surface area contributed by atoms with Crippen molar-refractivity contribution in [3.63, 3.8) is 0 Å². The van der Waals surface area contributed by atoms with E-state index in [-0.39, 0.29) is 29.8 Å². The summed E-state index contributed by atoms with van der Waals surface area (Å²) in [5, 5.41) is 2.64. The molecule has 3 aromatic rings. The summed E-state index contributed by atoms with van der Waals surface area (Å²) in [5.74, 6) is 7.78. The van der Waals surface area contributed by atoms with Gasteiger partial charge in [-0.15, -0.1) is 0 Å². The van der Waals surface area contributed by atoms with E-state index < -0.39 is 17.7 Å². The van der Waals surface area contributed by atoms with Crippen LogP contribution in [0.25, 0.3) is 11.3 Å². The van der Waals surface area contributed by atoms with Crippen LogP contribution in [0.4, 0.5) is 4.79 Å². The lowest BCUT2D eigenvalue weighted by atomic mass is 10.1. The van der Waals surface area contributed by atoms with Crippen LogP contribution in [0.3, 0.4) is 0 Å². The van der Waals surface area contributed by atoms with Crippen LogP contribution in [-0.2, 0) is 14.3 Å². The standard InChI is InChI=1S/C34H43N7O4/c1-21(2)31(42)40-17-7-10-28(40)30-36-20-26(39-30)24-14-11-23(12-15-24)13-16-25-19-35-29(38-25)27-9-8-18-41(27)32(43)22(3)37-33(44)45-34(4,5)6/h11-12,14-15,19-22,27-28H,7-10,17-18H2,1-6H3,(H,35,38)(H,36,39)(H,37,44)/t22-,27+,28+/m1/s1. The molecular weight excluding hydrogens is 570 g/mol. The Morgan fingerprint density at radius 2 is 1.49 bits per heavy atom. The second-order valence-electron chi connectivity index (χ2n) is 13.1. The number of hydrogen-bond acceptors (Lipinski definition) is 6. The number of aromatic nitrogens is 4. The number of amides is 3. The molecule has 2 saturated heterocycles. The first-order valence-electron chi connectivity index (χ1n) is 15.7. The zero-order valence-corrected chi connectivity index (χ0v) is 26.9. The minimum absolute atomic E-state index is 0.00943. The highest BCUT2D eigenvalue weighted by molar-refractivity contribution is 5.86. The average molecular weight is 614 g/mol. The Morgan fingerprint density at radius 3 is 2.11 bits per heavy atom. The van der Waals surface area contributed by atoms with Crippen LogP contribution in [0.5, 0.6) is 0 Å². The minimum Gasteiger partial charge on any atom is -0.444 e. The van der Waals surface area contributed by atoms with Crippen molar-refractivity contribution in [2.75, 3.05) is 13.1 Å². The fraction of sp³-hybridized carbons (Fsp3) is 0.500. The quantitative estimate of drug-likeness (QED) is 0.331. The smallest absolute Gasteiger partial charge is 0.408 e. The van der Waals surface area contributed by atoms with Gasteiger partial charge >= 0.3 is 6.09 Å². The molecule has 1 aromatic carbocycles. The molecule has 4 heterocycles. The number of imidazole rings is 2. The van der Waals surface area contributed by atoms with Gasteiger partial charge in [-0.1, -0.05) is 31.9 Å². The SMILES string of the molecule is CC(C)C(=O)N1CCC[C@H]1c1ncc(-c2ccc(C#Cc3cnc([C@@H]4CCCN4C(=O)[C@@H](C)NC(=O)OC(C)(C)C)[nH]3)cc2)[nH]1. The summed E-state index contributed by atoms with van der Waals surface area (Å²) in [4.78, 5) is 57.5. The van der Waals surface area contributed by atoms with Crippen LogP contribution in [0.15, 0.2) is 36.7 Å². The summed E-state index contributed by atoms with van der Waals surface area (Å²) >= 11 is 0. The number of carbonyl (C=O) groups excluding carboxylic acids is 3. The Balaban J connectivity index is 1.20. The van der Waals surface area contributed by atoms with E-state index >= 15 is 0 Å². The molecule has 0 radical (unpaired) electrons. The molecule has 2 aliphatic rings. The Bertz CT molecular complexity index is 1590. The summed E-state index contributed by atoms with van der Waals surface area (Å²) in [6, 6.07) is 6.97. The highest BCUT2D eigenvalue weighted by atomic mass is 16.6. The van der Waals surface area contributed by atoms with E-state index in [1.165, 1.54) is 0 Å². The number of hydrogen-bond donors (Lipinski definition) is 3. The van der Waals surface area contributed by atoms with Gasteiger partial charge in [0.25, 0.3) is 0 Å². The van der Waals surface area contributed by atoms with Crippen LogP contribution in [-0.4, -0.2) is 72.4 Å². The summed E-state index contributed by atoms with van der Waals surface area (Å²) in [6.07, 6.45) is 6.40. The zero-order valence-electron chi connectivity index (χ0n) is 26.9. The Morgan fingerprint density at radius 1 is 0.889 bits per heavy atom. The van der Waals surface area contributed by atoms with Crippen molar-refractivity contribution in [3.8, 4) is 23.1 Å². The molecule has 3 atom stereocenters. The molecule has 238 valence electrons. The second kappa shape index (κ2) is 13.2. The molecule has 2 aromatic heterocycles. The first-order chi connectivity index (χ1) is 21.4. The van der Waals surface area contributed by atoms with E-state index in [1.807, 2.05) is 49.2 Å². The molecule has 2 aliphatic heterocycles. The normalized spacial score (nSPS) is 18.9. The summed E-state index contributed by atoms with van der Waals surface area (Å²) < 4.78 is 5.29. The van der Waals surface area contributed by atoms with Gasteiger partial charge in [0.05, 0.1) is 30.2 Å². The van der Waals surface area contributed by atoms with Gasteiger partial charge < -0.3 is 29.8 Å². The number of H-pyrrole nitrogens is 2. The number of benzene rings is 1. The molecule has 45 heavy (non-hydrogen) atoms. The summed E-state index contributed by atoms with van der Waals surface area (Å²) in [7, 11) is 0. The number of rotatable bonds is 6. The fourth-order valence-electron chi connectivity index (χ4n) is 5.85. The third kappa shape index (κ3) is 7.56. The number of aromatic amines is 2. The van der Waals surface area contributed by atoms with Gasteiger partial charge in [-0.2, -0.15) is 0 Å². The van der Waals surface area contributed by atoms with Gasteiger partial charge in [0.1, 0.15) is 29.0 Å². The van der Waals surface area contributed by atoms with E-state index in [2.05, 4.69) is 37.1 Å². The van der Waals surface area contributed by atoms with E-state index in [0.717, 1.165) is 54.9 Å². The Hall–Kier alpha value is -4.59. The van der Waals surface area contributed by atoms with Gasteiger partial charge in [-0.05, 0) is 77.0 Å². The van der Waals surface area contributed by atoms with Crippen molar-refractivity contribution in [3.05, 3.63) is 59.6 Å². The maximum absolute atomic E-state index is 13.2. The first kappa shape index (κ1) is 31.8. The Labute approximate surface area is 264 Å². The van der Waals surface area contributed by atoms with E-state index in [0.29, 0.717) is 18.1 Å². The molecule has 0 spiro atoms. The van der Waals surface area contributed by atoms with Gasteiger partial charge in [0.15, 0.2) is 0 Å². The van der Waals surface area contributed by atoms with Gasteiger partial charge in [0, 0.05) is 24.6 Å². The van der Waals surface area contributed by atoms with Gasteiger partial charge in [-0.25, -0.2) is 14.8 Å². The molecule has 0 bridgehead atoms. The van der Waals surface area contributed by atoms with Crippen molar-refractivity contribution < 1.29 is 19.1 Å². The van der Waals surface area contributed by atoms with Crippen molar-refractivity contribution in [1.82, 2.24) is 35.1 Å². The van der Waals surface area contributed by atoms with E-state index in [9.17, 15) is 14.4 Å². The van der Waals surface area contributed by atoms with Crippen LogP contribution >= 0.6 is 0 Å². The largest absolute Gasteiger partial charge is 0.444 e. The average Bonchev–Trinajstić information content (AvgIpc) is 3.80. The molecule has 2 fully saturated rings. The molecule has 0 saturated carbocycles. The molecule has 3 N–H and O–H groups in total. The van der Waals surface area contributed by atoms with E-state index in [1.54, 1.807) is 38.8 Å². The summed E-state index contributed by atoms with van der Waals surface area (Å²) in [6.45, 7) is 12.2. The summed E-state index contributed by atoms with van der Waals surface area (Å²) in [5.41, 5.74) is 2.75. The Kier molecular flexibility index (Phi) is 9.32. The van der Waals surface area contributed by atoms with Crippen molar-refractivity contribution >= 4 is 17.9 Å². The third-order valence-corrected chi connectivity index (χ3v) is 8.03. The van der Waals surface area contributed by atoms with Crippen LogP contribution < -0.4 is 5.32 Å². The molecule has 0 aliphatic carbocycles. The van der Waals surface area contributed by atoms with Gasteiger partial charge in [-0.3, -0.25) is 9.59 Å². The van der Waals surface area contributed by atoms with Crippen LogP contribution in [0, 0.1) is 17.8 Å². The number of ether oxygens (including phenoxy) is 1. The minimum atomic E-state index is -0.725. The second-order valence-corrected chi connectivity index (χ2v) is 13.1. The van der Waals surface area contributed by atoms with Crippen LogP contribution in [0.1, 0.15) is 102 Å². The van der Waals surface area contributed by atoms with Crippen LogP contribution in [0.2, 0.25) is 0 Å². The number of likely N-dealkylation sites (tertiary alicyclic amines) is 2. The predicted octanol–water partition coefficient (Wildman–Crippen LogP) is 5.10. The van der Waals surface area contributed by atoms with Crippen molar-refractivity contribution in [1.29, 1.82) is 0 Å². The molecule has 11 nitrogen and oxygen atoms in total. The van der Waals surface area contributed by atoms with Crippen molar-refractivity contribution in [2.24, 2.45) is 5.92 Å². The van der Waals surface area contributed by atoms with E-state index in [4.69, 9.17) is 4.74 Å². The number of carbonyl (C=O) groups is 3. The molecule has 5 rings (SSSR count). The maximum atomic E-state index is 13.2. The molecule has 11 heteroatoms. The lowest BCUT2D eigenvalue weighted by molar-refractivity contribution is -0.135. The monoisotopic (exact) mass is 613 g/mol. The zero-order chi connectivity index (χ0) is 32.3.